The van der Waals surface area contributed by atoms with Crippen LogP contribution in [0.5, 0.6) is 0 Å². The Kier molecular flexibility index (Phi) is 5.45. The molecule has 3 rings (SSSR count). The summed E-state index contributed by atoms with van der Waals surface area (Å²) in [4.78, 5) is 12.8. The average molecular weight is 355 g/mol. The third kappa shape index (κ3) is 4.90. The van der Waals surface area contributed by atoms with E-state index < -0.39 is 0 Å². The number of nitrogens with two attached hydrogens (primary N) is 1. The minimum atomic E-state index is -0.232. The molecule has 128 valence electrons. The maximum atomic E-state index is 13.3. The Hall–Kier alpha value is -2.67. The van der Waals surface area contributed by atoms with Crippen LogP contribution in [0.15, 0.2) is 54.6 Å². The zero-order valence-corrected chi connectivity index (χ0v) is 14.5. The van der Waals surface area contributed by atoms with Crippen molar-refractivity contribution < 1.29 is 4.39 Å². The number of para-hydroxylation sites is 1. The van der Waals surface area contributed by atoms with Crippen LogP contribution in [0.3, 0.4) is 0 Å². The van der Waals surface area contributed by atoms with Gasteiger partial charge in [-0.2, -0.15) is 15.0 Å². The fourth-order valence-corrected chi connectivity index (χ4v) is 3.10. The predicted molar refractivity (Wildman–Crippen MR) is 100 cm³/mol. The first-order valence-corrected chi connectivity index (χ1v) is 8.84. The highest BCUT2D eigenvalue weighted by atomic mass is 32.2. The molecule has 0 radical (unpaired) electrons. The first-order valence-electron chi connectivity index (χ1n) is 7.80. The van der Waals surface area contributed by atoms with E-state index in [0.29, 0.717) is 17.5 Å². The van der Waals surface area contributed by atoms with Crippen molar-refractivity contribution in [3.8, 4) is 0 Å². The third-order valence-corrected chi connectivity index (χ3v) is 4.66. The minimum absolute atomic E-state index is 0.00936. The first kappa shape index (κ1) is 17.2. The molecule has 0 bridgehead atoms. The molecule has 0 unspecified atom stereocenters. The lowest BCUT2D eigenvalue weighted by atomic mass is 10.2. The molecule has 5 nitrogen and oxygen atoms in total. The fourth-order valence-electron chi connectivity index (χ4n) is 2.22. The van der Waals surface area contributed by atoms with E-state index in [9.17, 15) is 4.39 Å². The topological polar surface area (TPSA) is 76.7 Å². The molecule has 0 aliphatic heterocycles. The molecule has 0 amide bonds. The highest BCUT2D eigenvalue weighted by Gasteiger charge is 2.13. The number of nitrogens with one attached hydrogen (secondary N) is 1. The van der Waals surface area contributed by atoms with E-state index in [1.54, 1.807) is 17.8 Å². The molecule has 3 aromatic rings. The molecule has 0 aliphatic carbocycles. The zero-order valence-electron chi connectivity index (χ0n) is 13.7. The van der Waals surface area contributed by atoms with Gasteiger partial charge < -0.3 is 11.1 Å². The molecule has 2 aromatic carbocycles. The second-order valence-corrected chi connectivity index (χ2v) is 6.78. The molecule has 3 N–H and O–H groups in total. The van der Waals surface area contributed by atoms with Gasteiger partial charge in [-0.1, -0.05) is 30.3 Å². The lowest BCUT2D eigenvalue weighted by Crippen LogP contribution is -2.08. The van der Waals surface area contributed by atoms with Crippen LogP contribution in [0.25, 0.3) is 0 Å². The lowest BCUT2D eigenvalue weighted by molar-refractivity contribution is 0.626. The van der Waals surface area contributed by atoms with Gasteiger partial charge in [0.1, 0.15) is 11.6 Å². The van der Waals surface area contributed by atoms with E-state index in [1.165, 1.54) is 12.1 Å². The van der Waals surface area contributed by atoms with Crippen LogP contribution < -0.4 is 11.1 Å². The van der Waals surface area contributed by atoms with Crippen molar-refractivity contribution in [3.63, 3.8) is 0 Å². The maximum Gasteiger partial charge on any atom is 0.232 e. The molecule has 25 heavy (non-hydrogen) atoms. The molecule has 1 aromatic heterocycles. The quantitative estimate of drug-likeness (QED) is 0.685. The maximum absolute atomic E-state index is 13.3. The summed E-state index contributed by atoms with van der Waals surface area (Å²) in [6.07, 6.45) is 0. The Balaban J connectivity index is 1.70. The number of thioether (sulfide) groups is 1. The summed E-state index contributed by atoms with van der Waals surface area (Å²) in [6, 6.07) is 16.2. The molecule has 0 spiro atoms. The van der Waals surface area contributed by atoms with E-state index in [4.69, 9.17) is 5.73 Å². The van der Waals surface area contributed by atoms with Crippen LogP contribution in [0.1, 0.15) is 23.6 Å². The summed E-state index contributed by atoms with van der Waals surface area (Å²) >= 11 is 1.61. The number of hydrogen-bond donors (Lipinski definition) is 2. The van der Waals surface area contributed by atoms with Crippen molar-refractivity contribution in [2.45, 2.75) is 17.9 Å². The smallest absolute Gasteiger partial charge is 0.232 e. The summed E-state index contributed by atoms with van der Waals surface area (Å²) in [5.74, 6) is 1.59. The summed E-state index contributed by atoms with van der Waals surface area (Å²) in [5.41, 5.74) is 7.61. The Labute approximate surface area is 149 Å². The van der Waals surface area contributed by atoms with Crippen LogP contribution in [0.4, 0.5) is 22.0 Å². The van der Waals surface area contributed by atoms with Crippen molar-refractivity contribution >= 4 is 29.3 Å². The summed E-state index contributed by atoms with van der Waals surface area (Å²) in [5, 5.41) is 3.11. The molecule has 7 heteroatoms. The van der Waals surface area contributed by atoms with Crippen molar-refractivity contribution in [1.29, 1.82) is 0 Å². The van der Waals surface area contributed by atoms with Gasteiger partial charge in [0.2, 0.25) is 11.9 Å². The monoisotopic (exact) mass is 355 g/mol. The van der Waals surface area contributed by atoms with Crippen LogP contribution in [0, 0.1) is 5.82 Å². The fraction of sp³-hybridized carbons (Fsp3) is 0.167. The molecule has 1 heterocycles. The number of rotatable bonds is 6. The molecule has 1 atom stereocenters. The van der Waals surface area contributed by atoms with E-state index >= 15 is 0 Å². The van der Waals surface area contributed by atoms with Crippen molar-refractivity contribution in [3.05, 3.63) is 71.8 Å². The zero-order chi connectivity index (χ0) is 17.6. The Morgan fingerprint density at radius 2 is 1.88 bits per heavy atom. The van der Waals surface area contributed by atoms with Gasteiger partial charge >= 0.3 is 0 Å². The average Bonchev–Trinajstić information content (AvgIpc) is 2.60. The van der Waals surface area contributed by atoms with Crippen LogP contribution in [-0.4, -0.2) is 15.0 Å². The SMILES string of the molecule is C[C@@H](SCc1cccc(F)c1)c1nc(N)nc(Nc2ccccc2)n1. The van der Waals surface area contributed by atoms with Gasteiger partial charge in [0.05, 0.1) is 5.25 Å². The van der Waals surface area contributed by atoms with Crippen LogP contribution in [0.2, 0.25) is 0 Å². The largest absolute Gasteiger partial charge is 0.368 e. The Bertz CT molecular complexity index is 844. The first-order chi connectivity index (χ1) is 12.1. The van der Waals surface area contributed by atoms with Crippen LogP contribution in [-0.2, 0) is 5.75 Å². The third-order valence-electron chi connectivity index (χ3n) is 3.45. The van der Waals surface area contributed by atoms with Crippen molar-refractivity contribution in [2.24, 2.45) is 0 Å². The predicted octanol–water partition coefficient (Wildman–Crippen LogP) is 4.33. The van der Waals surface area contributed by atoms with Crippen LogP contribution >= 0.6 is 11.8 Å². The van der Waals surface area contributed by atoms with E-state index in [0.717, 1.165) is 11.3 Å². The van der Waals surface area contributed by atoms with Gasteiger partial charge in [-0.05, 0) is 36.8 Å². The highest BCUT2D eigenvalue weighted by Crippen LogP contribution is 2.30. The summed E-state index contributed by atoms with van der Waals surface area (Å²) in [7, 11) is 0. The normalized spacial score (nSPS) is 11.9. The summed E-state index contributed by atoms with van der Waals surface area (Å²) in [6.45, 7) is 1.99. The number of hydrogen-bond acceptors (Lipinski definition) is 6. The van der Waals surface area contributed by atoms with E-state index in [1.807, 2.05) is 43.3 Å². The number of anilines is 3. The second-order valence-electron chi connectivity index (χ2n) is 5.45. The number of nitrogens with zero attached hydrogens (tertiary/aromatic N) is 3. The minimum Gasteiger partial charge on any atom is -0.368 e. The van der Waals surface area contributed by atoms with Gasteiger partial charge in [0.15, 0.2) is 0 Å². The number of halogens is 1. The van der Waals surface area contributed by atoms with Crippen molar-refractivity contribution in [1.82, 2.24) is 15.0 Å². The molecule has 0 aliphatic rings. The molecule has 0 saturated heterocycles. The van der Waals surface area contributed by atoms with Gasteiger partial charge in [0, 0.05) is 11.4 Å². The molecule has 0 saturated carbocycles. The standard InChI is InChI=1S/C18H18FN5S/c1-12(25-11-13-6-5-7-14(19)10-13)16-22-17(20)24-18(23-16)21-15-8-3-2-4-9-15/h2-10,12H,11H2,1H3,(H3,20,21,22,23,24)/t12-/m1/s1. The lowest BCUT2D eigenvalue weighted by Gasteiger charge is -2.12. The molecule has 0 fully saturated rings. The van der Waals surface area contributed by atoms with Gasteiger partial charge in [-0.25, -0.2) is 4.39 Å². The van der Waals surface area contributed by atoms with Crippen molar-refractivity contribution in [2.75, 3.05) is 11.1 Å². The Morgan fingerprint density at radius 3 is 2.64 bits per heavy atom. The van der Waals surface area contributed by atoms with Gasteiger partial charge in [-0.3, -0.25) is 0 Å². The summed E-state index contributed by atoms with van der Waals surface area (Å²) < 4.78 is 13.3. The molecular weight excluding hydrogens is 337 g/mol. The second kappa shape index (κ2) is 7.94. The van der Waals surface area contributed by atoms with E-state index in [-0.39, 0.29) is 17.0 Å². The van der Waals surface area contributed by atoms with Gasteiger partial charge in [-0.15, -0.1) is 11.8 Å². The highest BCUT2D eigenvalue weighted by molar-refractivity contribution is 7.98. The molecular formula is C18H18FN5S. The number of nitrogen functional groups attached to an aromatic ring is 1. The van der Waals surface area contributed by atoms with Gasteiger partial charge in [0.25, 0.3) is 0 Å². The Morgan fingerprint density at radius 1 is 1.08 bits per heavy atom. The number of aromatic nitrogens is 3. The van der Waals surface area contributed by atoms with E-state index in [2.05, 4.69) is 20.3 Å². The number of benzene rings is 2.